The minimum Gasteiger partial charge on any atom is -0.476 e. The fraction of sp³-hybridized carbons (Fsp3) is 0.650. The van der Waals surface area contributed by atoms with Crippen molar-refractivity contribution in [2.24, 2.45) is 17.8 Å². The van der Waals surface area contributed by atoms with E-state index in [2.05, 4.69) is 32.3 Å². The van der Waals surface area contributed by atoms with Crippen LogP contribution in [-0.2, 0) is 4.79 Å². The normalized spacial score (nSPS) is 16.0. The van der Waals surface area contributed by atoms with Gasteiger partial charge in [-0.05, 0) is 24.7 Å². The number of hydrogen-bond donors (Lipinski definition) is 1. The summed E-state index contributed by atoms with van der Waals surface area (Å²) in [6.07, 6.45) is 3.51. The van der Waals surface area contributed by atoms with Crippen molar-refractivity contribution in [2.45, 2.75) is 59.4 Å². The van der Waals surface area contributed by atoms with Crippen molar-refractivity contribution < 1.29 is 14.7 Å². The zero-order valence-electron chi connectivity index (χ0n) is 16.7. The zero-order chi connectivity index (χ0) is 20.0. The Kier molecular flexibility index (Phi) is 8.47. The predicted molar refractivity (Wildman–Crippen MR) is 107 cm³/mol. The third-order valence-electron chi connectivity index (χ3n) is 5.18. The Balaban J connectivity index is 2.91. The molecule has 0 aliphatic rings. The summed E-state index contributed by atoms with van der Waals surface area (Å²) in [5, 5.41) is 11.4. The molecule has 1 N–H and O–H groups in total. The Bertz CT molecular complexity index is 626. The van der Waals surface area contributed by atoms with Crippen LogP contribution in [0.15, 0.2) is 18.0 Å². The lowest BCUT2D eigenvalue weighted by atomic mass is 9.88. The molecular weight excluding hydrogens is 348 g/mol. The number of aromatic carboxylic acids is 1. The van der Waals surface area contributed by atoms with Crippen molar-refractivity contribution in [1.82, 2.24) is 9.88 Å². The van der Waals surface area contributed by atoms with Crippen LogP contribution >= 0.6 is 11.3 Å². The highest BCUT2D eigenvalue weighted by atomic mass is 32.1. The summed E-state index contributed by atoms with van der Waals surface area (Å²) < 4.78 is 0. The lowest BCUT2D eigenvalue weighted by Gasteiger charge is -2.35. The molecule has 0 aromatic carbocycles. The fourth-order valence-corrected chi connectivity index (χ4v) is 4.21. The van der Waals surface area contributed by atoms with Gasteiger partial charge in [0.2, 0.25) is 5.91 Å². The maximum absolute atomic E-state index is 12.9. The lowest BCUT2D eigenvalue weighted by molar-refractivity contribution is -0.138. The minimum atomic E-state index is -1.00. The number of carbonyl (C=O) groups is 2. The molecule has 0 spiro atoms. The van der Waals surface area contributed by atoms with Gasteiger partial charge in [-0.15, -0.1) is 17.9 Å². The monoisotopic (exact) mass is 380 g/mol. The molecule has 0 aliphatic heterocycles. The first kappa shape index (κ1) is 22.4. The highest BCUT2D eigenvalue weighted by Gasteiger charge is 2.31. The number of rotatable bonds is 10. The van der Waals surface area contributed by atoms with Crippen LogP contribution in [0.1, 0.15) is 68.9 Å². The number of thiazole rings is 1. The molecule has 0 unspecified atom stereocenters. The molecule has 0 fully saturated rings. The van der Waals surface area contributed by atoms with Crippen LogP contribution < -0.4 is 0 Å². The Morgan fingerprint density at radius 2 is 1.96 bits per heavy atom. The van der Waals surface area contributed by atoms with Crippen molar-refractivity contribution in [3.63, 3.8) is 0 Å². The van der Waals surface area contributed by atoms with Crippen LogP contribution in [-0.4, -0.2) is 40.0 Å². The van der Waals surface area contributed by atoms with Gasteiger partial charge in [0.15, 0.2) is 5.69 Å². The number of hydrogen-bond acceptors (Lipinski definition) is 4. The molecule has 146 valence electrons. The topological polar surface area (TPSA) is 70.5 Å². The smallest absolute Gasteiger partial charge is 0.355 e. The van der Waals surface area contributed by atoms with E-state index in [1.165, 1.54) is 11.3 Å². The van der Waals surface area contributed by atoms with E-state index in [1.54, 1.807) is 5.38 Å². The quantitative estimate of drug-likeness (QED) is 0.599. The molecule has 0 saturated carbocycles. The molecule has 6 heteroatoms. The molecule has 0 saturated heterocycles. The maximum atomic E-state index is 12.9. The van der Waals surface area contributed by atoms with Crippen LogP contribution in [0.4, 0.5) is 0 Å². The summed E-state index contributed by atoms with van der Waals surface area (Å²) in [4.78, 5) is 30.1. The molecule has 5 nitrogen and oxygen atoms in total. The highest BCUT2D eigenvalue weighted by molar-refractivity contribution is 7.09. The summed E-state index contributed by atoms with van der Waals surface area (Å²) in [7, 11) is 1.87. The SMILES string of the molecule is C=C[C@@H](CC)[C@H](C)C(=O)N(C)[C@H](C[C@@H](C)c1nc(C(=O)O)cs1)C(C)C. The Hall–Kier alpha value is -1.69. The molecule has 1 aromatic rings. The van der Waals surface area contributed by atoms with E-state index >= 15 is 0 Å². The molecule has 4 atom stereocenters. The standard InChI is InChI=1S/C20H32N2O3S/c1-8-15(9-2)14(6)19(23)22(7)17(12(3)4)10-13(5)18-21-16(11-26-18)20(24)25/h8,11-15,17H,1,9-10H2,2-7H3,(H,24,25)/t13-,14+,15+,17-/m1/s1. The van der Waals surface area contributed by atoms with Crippen LogP contribution in [0.2, 0.25) is 0 Å². The lowest BCUT2D eigenvalue weighted by Crippen LogP contribution is -2.44. The van der Waals surface area contributed by atoms with E-state index in [1.807, 2.05) is 31.9 Å². The summed E-state index contributed by atoms with van der Waals surface area (Å²) in [6.45, 7) is 14.2. The van der Waals surface area contributed by atoms with Gasteiger partial charge in [0.1, 0.15) is 0 Å². The number of allylic oxidation sites excluding steroid dienone is 1. The summed E-state index contributed by atoms with van der Waals surface area (Å²) in [6, 6.07) is 0.0689. The van der Waals surface area contributed by atoms with Gasteiger partial charge in [-0.1, -0.05) is 40.7 Å². The van der Waals surface area contributed by atoms with E-state index < -0.39 is 5.97 Å². The highest BCUT2D eigenvalue weighted by Crippen LogP contribution is 2.30. The van der Waals surface area contributed by atoms with Gasteiger partial charge in [-0.25, -0.2) is 9.78 Å². The van der Waals surface area contributed by atoms with Crippen LogP contribution in [0, 0.1) is 17.8 Å². The number of carboxylic acids is 1. The molecule has 1 amide bonds. The molecular formula is C20H32N2O3S. The predicted octanol–water partition coefficient (Wildman–Crippen LogP) is 4.67. The van der Waals surface area contributed by atoms with E-state index in [0.717, 1.165) is 17.8 Å². The van der Waals surface area contributed by atoms with Gasteiger partial charge in [0.25, 0.3) is 0 Å². The second-order valence-electron chi connectivity index (χ2n) is 7.37. The van der Waals surface area contributed by atoms with Gasteiger partial charge >= 0.3 is 5.97 Å². The van der Waals surface area contributed by atoms with Crippen LogP contribution in [0.3, 0.4) is 0 Å². The molecule has 26 heavy (non-hydrogen) atoms. The van der Waals surface area contributed by atoms with Gasteiger partial charge < -0.3 is 10.0 Å². The average molecular weight is 381 g/mol. The van der Waals surface area contributed by atoms with E-state index in [9.17, 15) is 9.59 Å². The first-order valence-electron chi connectivity index (χ1n) is 9.21. The molecule has 1 aromatic heterocycles. The zero-order valence-corrected chi connectivity index (χ0v) is 17.5. The van der Waals surface area contributed by atoms with Gasteiger partial charge in [0, 0.05) is 30.3 Å². The number of nitrogens with zero attached hydrogens (tertiary/aromatic N) is 2. The average Bonchev–Trinajstić information content (AvgIpc) is 3.09. The van der Waals surface area contributed by atoms with Gasteiger partial charge in [-0.3, -0.25) is 4.79 Å². The first-order valence-corrected chi connectivity index (χ1v) is 10.1. The van der Waals surface area contributed by atoms with Crippen LogP contribution in [0.5, 0.6) is 0 Å². The molecule has 1 rings (SSSR count). The largest absolute Gasteiger partial charge is 0.476 e. The Labute approximate surface area is 161 Å². The second kappa shape index (κ2) is 9.86. The van der Waals surface area contributed by atoms with Crippen molar-refractivity contribution in [3.8, 4) is 0 Å². The van der Waals surface area contributed by atoms with E-state index in [0.29, 0.717) is 5.92 Å². The van der Waals surface area contributed by atoms with E-state index in [4.69, 9.17) is 5.11 Å². The first-order chi connectivity index (χ1) is 12.1. The van der Waals surface area contributed by atoms with Crippen molar-refractivity contribution >= 4 is 23.2 Å². The molecule has 0 bridgehead atoms. The maximum Gasteiger partial charge on any atom is 0.355 e. The molecule has 1 heterocycles. The second-order valence-corrected chi connectivity index (χ2v) is 8.26. The summed E-state index contributed by atoms with van der Waals surface area (Å²) >= 11 is 1.37. The number of aromatic nitrogens is 1. The van der Waals surface area contributed by atoms with Gasteiger partial charge in [-0.2, -0.15) is 0 Å². The molecule has 0 aliphatic carbocycles. The van der Waals surface area contributed by atoms with Gasteiger partial charge in [0.05, 0.1) is 5.01 Å². The summed E-state index contributed by atoms with van der Waals surface area (Å²) in [5.41, 5.74) is 0.0905. The van der Waals surface area contributed by atoms with Crippen molar-refractivity contribution in [2.75, 3.05) is 7.05 Å². The van der Waals surface area contributed by atoms with E-state index in [-0.39, 0.29) is 35.4 Å². The van der Waals surface area contributed by atoms with Crippen molar-refractivity contribution in [3.05, 3.63) is 28.7 Å². The minimum absolute atomic E-state index is 0.0689. The van der Waals surface area contributed by atoms with Crippen LogP contribution in [0.25, 0.3) is 0 Å². The Morgan fingerprint density at radius 1 is 1.35 bits per heavy atom. The number of carboxylic acid groups (broad SMARTS) is 1. The number of amides is 1. The Morgan fingerprint density at radius 3 is 2.38 bits per heavy atom. The number of carbonyl (C=O) groups excluding carboxylic acids is 1. The molecule has 0 radical (unpaired) electrons. The third-order valence-corrected chi connectivity index (χ3v) is 6.25. The third kappa shape index (κ3) is 5.40. The van der Waals surface area contributed by atoms with Crippen molar-refractivity contribution in [1.29, 1.82) is 0 Å². The fourth-order valence-electron chi connectivity index (χ4n) is 3.34. The summed E-state index contributed by atoms with van der Waals surface area (Å²) in [5.74, 6) is -0.414.